The van der Waals surface area contributed by atoms with Crippen LogP contribution in [0.5, 0.6) is 0 Å². The molecule has 3 aromatic rings. The van der Waals surface area contributed by atoms with Gasteiger partial charge in [0.15, 0.2) is 0 Å². The molecule has 3 aromatic heterocycles. The van der Waals surface area contributed by atoms with Gasteiger partial charge in [-0.05, 0) is 33.4 Å². The number of carbonyl (C=O) groups is 1. The lowest BCUT2D eigenvalue weighted by molar-refractivity contribution is 0.0956. The van der Waals surface area contributed by atoms with E-state index >= 15 is 0 Å². The van der Waals surface area contributed by atoms with Gasteiger partial charge in [0.2, 0.25) is 0 Å². The zero-order valence-corrected chi connectivity index (χ0v) is 13.4. The van der Waals surface area contributed by atoms with Gasteiger partial charge in [0, 0.05) is 27.1 Å². The van der Waals surface area contributed by atoms with E-state index in [4.69, 9.17) is 5.73 Å². The van der Waals surface area contributed by atoms with E-state index in [2.05, 4.69) is 26.2 Å². The van der Waals surface area contributed by atoms with Crippen molar-refractivity contribution in [3.8, 4) is 0 Å². The van der Waals surface area contributed by atoms with E-state index < -0.39 is 0 Å². The summed E-state index contributed by atoms with van der Waals surface area (Å²) in [6.45, 7) is 0.489. The Hall–Kier alpha value is -1.44. The Balaban J connectivity index is 1.82. The molecule has 0 saturated carbocycles. The van der Waals surface area contributed by atoms with Gasteiger partial charge < -0.3 is 11.1 Å². The van der Waals surface area contributed by atoms with Crippen LogP contribution in [-0.2, 0) is 6.54 Å². The Bertz CT molecular complexity index is 781. The Morgan fingerprint density at radius 3 is 3.00 bits per heavy atom. The van der Waals surface area contributed by atoms with E-state index in [0.29, 0.717) is 17.1 Å². The van der Waals surface area contributed by atoms with Crippen LogP contribution in [0.15, 0.2) is 34.4 Å². The Morgan fingerprint density at radius 1 is 1.45 bits per heavy atom. The molecule has 1 amide bonds. The van der Waals surface area contributed by atoms with Gasteiger partial charge in [-0.2, -0.15) is 0 Å². The number of nitrogen functional groups attached to an aromatic ring is 1. The number of rotatable bonds is 3. The average Bonchev–Trinajstić information content (AvgIpc) is 3.01. The van der Waals surface area contributed by atoms with Crippen molar-refractivity contribution in [2.45, 2.75) is 6.54 Å². The molecule has 3 heterocycles. The molecule has 0 radical (unpaired) electrons. The minimum absolute atomic E-state index is 0.149. The largest absolute Gasteiger partial charge is 0.397 e. The highest BCUT2D eigenvalue weighted by Crippen LogP contribution is 2.32. The standard InChI is InChI=1S/C13H10BrN3OS2/c14-8-2-4-19-10(8)6-17-13(18)12-11(15)7-1-3-16-5-9(7)20-12/h1-5H,6,15H2,(H,17,18). The number of nitrogens with two attached hydrogens (primary N) is 1. The van der Waals surface area contributed by atoms with Crippen molar-refractivity contribution in [3.63, 3.8) is 0 Å². The first-order valence-electron chi connectivity index (χ1n) is 5.79. The Morgan fingerprint density at radius 2 is 2.30 bits per heavy atom. The van der Waals surface area contributed by atoms with Gasteiger partial charge in [-0.1, -0.05) is 0 Å². The van der Waals surface area contributed by atoms with E-state index in [1.165, 1.54) is 11.3 Å². The number of hydrogen-bond donors (Lipinski definition) is 2. The van der Waals surface area contributed by atoms with Crippen molar-refractivity contribution in [2.24, 2.45) is 0 Å². The second-order valence-corrected chi connectivity index (χ2v) is 7.00. The van der Waals surface area contributed by atoms with Crippen molar-refractivity contribution in [2.75, 3.05) is 5.73 Å². The number of aromatic nitrogens is 1. The van der Waals surface area contributed by atoms with E-state index in [-0.39, 0.29) is 5.91 Å². The molecular formula is C13H10BrN3OS2. The average molecular weight is 368 g/mol. The first-order valence-corrected chi connectivity index (χ1v) is 8.28. The maximum Gasteiger partial charge on any atom is 0.263 e. The lowest BCUT2D eigenvalue weighted by Crippen LogP contribution is -2.22. The lowest BCUT2D eigenvalue weighted by Gasteiger charge is -2.03. The van der Waals surface area contributed by atoms with Gasteiger partial charge >= 0.3 is 0 Å². The zero-order valence-electron chi connectivity index (χ0n) is 10.2. The third-order valence-corrected chi connectivity index (χ3v) is 5.92. The molecule has 0 aliphatic carbocycles. The lowest BCUT2D eigenvalue weighted by atomic mass is 10.2. The van der Waals surface area contributed by atoms with Crippen LogP contribution in [0, 0.1) is 0 Å². The molecule has 0 atom stereocenters. The first-order chi connectivity index (χ1) is 9.66. The SMILES string of the molecule is Nc1c(C(=O)NCc2sccc2Br)sc2cnccc12. The summed E-state index contributed by atoms with van der Waals surface area (Å²) in [5.41, 5.74) is 6.56. The van der Waals surface area contributed by atoms with Gasteiger partial charge in [-0.15, -0.1) is 22.7 Å². The van der Waals surface area contributed by atoms with Crippen LogP contribution in [0.3, 0.4) is 0 Å². The molecule has 0 fully saturated rings. The number of fused-ring (bicyclic) bond motifs is 1. The van der Waals surface area contributed by atoms with E-state index in [9.17, 15) is 4.79 Å². The second kappa shape index (κ2) is 5.51. The number of nitrogens with one attached hydrogen (secondary N) is 1. The highest BCUT2D eigenvalue weighted by atomic mass is 79.9. The van der Waals surface area contributed by atoms with Crippen molar-refractivity contribution in [3.05, 3.63) is 44.1 Å². The summed E-state index contributed by atoms with van der Waals surface area (Å²) in [5, 5.41) is 5.75. The van der Waals surface area contributed by atoms with Gasteiger partial charge in [-0.25, -0.2) is 0 Å². The molecule has 0 aromatic carbocycles. The normalized spacial score (nSPS) is 10.8. The molecule has 3 rings (SSSR count). The first kappa shape index (κ1) is 13.5. The summed E-state index contributed by atoms with van der Waals surface area (Å²) < 4.78 is 1.93. The van der Waals surface area contributed by atoms with Crippen LogP contribution in [0.2, 0.25) is 0 Å². The summed E-state index contributed by atoms with van der Waals surface area (Å²) in [6, 6.07) is 3.79. The van der Waals surface area contributed by atoms with Gasteiger partial charge in [-0.3, -0.25) is 9.78 Å². The summed E-state index contributed by atoms with van der Waals surface area (Å²) in [7, 11) is 0. The van der Waals surface area contributed by atoms with Crippen LogP contribution in [0.4, 0.5) is 5.69 Å². The molecule has 0 saturated heterocycles. The van der Waals surface area contributed by atoms with Crippen LogP contribution in [0.25, 0.3) is 10.1 Å². The van der Waals surface area contributed by atoms with Gasteiger partial charge in [0.25, 0.3) is 5.91 Å². The van der Waals surface area contributed by atoms with Gasteiger partial charge in [0.05, 0.1) is 16.9 Å². The molecule has 0 aliphatic heterocycles. The minimum Gasteiger partial charge on any atom is -0.397 e. The fraction of sp³-hybridized carbons (Fsp3) is 0.0769. The highest BCUT2D eigenvalue weighted by molar-refractivity contribution is 9.10. The molecule has 0 unspecified atom stereocenters. The van der Waals surface area contributed by atoms with Crippen LogP contribution >= 0.6 is 38.6 Å². The molecule has 0 aliphatic rings. The number of thiophene rings is 2. The van der Waals surface area contributed by atoms with E-state index in [1.54, 1.807) is 23.7 Å². The third kappa shape index (κ3) is 2.44. The van der Waals surface area contributed by atoms with Crippen LogP contribution in [-0.4, -0.2) is 10.9 Å². The second-order valence-electron chi connectivity index (χ2n) is 4.09. The Labute approximate surface area is 131 Å². The molecule has 0 spiro atoms. The fourth-order valence-electron chi connectivity index (χ4n) is 1.83. The highest BCUT2D eigenvalue weighted by Gasteiger charge is 2.16. The number of pyridine rings is 1. The number of halogens is 1. The molecular weight excluding hydrogens is 358 g/mol. The molecule has 7 heteroatoms. The van der Waals surface area contributed by atoms with Crippen molar-refractivity contribution < 1.29 is 4.79 Å². The topological polar surface area (TPSA) is 68.0 Å². The number of hydrogen-bond acceptors (Lipinski definition) is 5. The monoisotopic (exact) mass is 367 g/mol. The zero-order chi connectivity index (χ0) is 14.1. The third-order valence-electron chi connectivity index (χ3n) is 2.84. The summed E-state index contributed by atoms with van der Waals surface area (Å²) in [4.78, 5) is 17.9. The van der Waals surface area contributed by atoms with Gasteiger partial charge in [0.1, 0.15) is 4.88 Å². The number of nitrogens with zero attached hydrogens (tertiary/aromatic N) is 1. The Kier molecular flexibility index (Phi) is 3.73. The molecule has 102 valence electrons. The molecule has 0 bridgehead atoms. The molecule has 4 nitrogen and oxygen atoms in total. The van der Waals surface area contributed by atoms with Crippen molar-refractivity contribution in [1.82, 2.24) is 10.3 Å². The molecule has 20 heavy (non-hydrogen) atoms. The van der Waals surface area contributed by atoms with Crippen LogP contribution in [0.1, 0.15) is 14.5 Å². The molecule has 3 N–H and O–H groups in total. The predicted octanol–water partition coefficient (Wildman–Crippen LogP) is 3.63. The maximum atomic E-state index is 12.2. The van der Waals surface area contributed by atoms with E-state index in [0.717, 1.165) is 19.4 Å². The number of carbonyl (C=O) groups excluding carboxylic acids is 1. The predicted molar refractivity (Wildman–Crippen MR) is 87.2 cm³/mol. The van der Waals surface area contributed by atoms with Crippen LogP contribution < -0.4 is 11.1 Å². The minimum atomic E-state index is -0.149. The smallest absolute Gasteiger partial charge is 0.263 e. The summed E-state index contributed by atoms with van der Waals surface area (Å²) >= 11 is 6.41. The van der Waals surface area contributed by atoms with Crippen molar-refractivity contribution >= 4 is 60.3 Å². The summed E-state index contributed by atoms with van der Waals surface area (Å²) in [6.07, 6.45) is 3.40. The van der Waals surface area contributed by atoms with E-state index in [1.807, 2.05) is 17.5 Å². The fourth-order valence-corrected chi connectivity index (χ4v) is 4.27. The number of amides is 1. The van der Waals surface area contributed by atoms with Crippen molar-refractivity contribution in [1.29, 1.82) is 0 Å². The quantitative estimate of drug-likeness (QED) is 0.742. The number of anilines is 1. The maximum absolute atomic E-state index is 12.2. The summed E-state index contributed by atoms with van der Waals surface area (Å²) in [5.74, 6) is -0.149.